The zero-order valence-corrected chi connectivity index (χ0v) is 15.8. The van der Waals surface area contributed by atoms with Crippen LogP contribution in [0.5, 0.6) is 0 Å². The molecule has 0 aliphatic carbocycles. The lowest BCUT2D eigenvalue weighted by molar-refractivity contribution is 0.275. The molecule has 0 spiro atoms. The highest BCUT2D eigenvalue weighted by Crippen LogP contribution is 2.26. The highest BCUT2D eigenvalue weighted by molar-refractivity contribution is 7.07. The lowest BCUT2D eigenvalue weighted by atomic mass is 9.86. The molecule has 3 nitrogen and oxygen atoms in total. The maximum Gasteiger partial charge on any atom is 0.190 e. The first-order chi connectivity index (χ1) is 12.0. The summed E-state index contributed by atoms with van der Waals surface area (Å²) in [7, 11) is 0. The van der Waals surface area contributed by atoms with E-state index in [9.17, 15) is 5.11 Å². The smallest absolute Gasteiger partial charge is 0.190 e. The van der Waals surface area contributed by atoms with Gasteiger partial charge in [0.25, 0.3) is 0 Å². The van der Waals surface area contributed by atoms with Crippen LogP contribution in [0.25, 0.3) is 11.3 Å². The first kappa shape index (κ1) is 17.6. The van der Waals surface area contributed by atoms with Gasteiger partial charge in [0.15, 0.2) is 4.80 Å². The van der Waals surface area contributed by atoms with Crippen molar-refractivity contribution in [3.8, 4) is 11.3 Å². The monoisotopic (exact) mass is 352 g/mol. The van der Waals surface area contributed by atoms with Crippen LogP contribution in [0, 0.1) is 0 Å². The molecule has 4 heteroatoms. The van der Waals surface area contributed by atoms with Gasteiger partial charge in [-0.1, -0.05) is 63.2 Å². The lowest BCUT2D eigenvalue weighted by Crippen LogP contribution is -2.18. The predicted octanol–water partition coefficient (Wildman–Crippen LogP) is 4.74. The van der Waals surface area contributed by atoms with Crippen LogP contribution in [0.2, 0.25) is 0 Å². The van der Waals surface area contributed by atoms with Crippen molar-refractivity contribution in [3.63, 3.8) is 0 Å². The van der Waals surface area contributed by atoms with Crippen LogP contribution in [0.15, 0.2) is 65.0 Å². The van der Waals surface area contributed by atoms with Gasteiger partial charge in [-0.05, 0) is 28.7 Å². The van der Waals surface area contributed by atoms with E-state index in [-0.39, 0.29) is 12.0 Å². The standard InChI is InChI=1S/C21H24N2OS/c1-21(2,3)17-11-9-16(10-12-17)19-15-25-20(23(19)13-14-24)22-18-7-5-4-6-8-18/h4-12,15,24H,13-14H2,1-3H3. The molecule has 0 unspecified atom stereocenters. The van der Waals surface area contributed by atoms with Crippen molar-refractivity contribution in [2.24, 2.45) is 4.99 Å². The summed E-state index contributed by atoms with van der Waals surface area (Å²) >= 11 is 1.60. The Bertz CT molecular complexity index is 884. The van der Waals surface area contributed by atoms with Crippen molar-refractivity contribution in [2.45, 2.75) is 32.7 Å². The van der Waals surface area contributed by atoms with Crippen LogP contribution >= 0.6 is 11.3 Å². The molecule has 0 atom stereocenters. The molecule has 0 fully saturated rings. The fourth-order valence-corrected chi connectivity index (χ4v) is 3.67. The summed E-state index contributed by atoms with van der Waals surface area (Å²) in [5.41, 5.74) is 4.61. The molecule has 130 valence electrons. The number of aliphatic hydroxyl groups is 1. The lowest BCUT2D eigenvalue weighted by Gasteiger charge is -2.19. The Balaban J connectivity index is 2.04. The number of rotatable bonds is 4. The fraction of sp³-hybridized carbons (Fsp3) is 0.286. The molecule has 0 bridgehead atoms. The van der Waals surface area contributed by atoms with Gasteiger partial charge < -0.3 is 9.67 Å². The summed E-state index contributed by atoms with van der Waals surface area (Å²) in [5, 5.41) is 11.6. The van der Waals surface area contributed by atoms with Crippen LogP contribution < -0.4 is 4.80 Å². The average molecular weight is 353 g/mol. The van der Waals surface area contributed by atoms with E-state index in [0.717, 1.165) is 21.7 Å². The van der Waals surface area contributed by atoms with E-state index in [1.165, 1.54) is 5.56 Å². The number of thiazole rings is 1. The van der Waals surface area contributed by atoms with Crippen LogP contribution in [0.4, 0.5) is 5.69 Å². The maximum atomic E-state index is 9.49. The largest absolute Gasteiger partial charge is 0.395 e. The summed E-state index contributed by atoms with van der Waals surface area (Å²) in [6.45, 7) is 7.28. The molecular weight excluding hydrogens is 328 g/mol. The summed E-state index contributed by atoms with van der Waals surface area (Å²) < 4.78 is 2.09. The van der Waals surface area contributed by atoms with E-state index in [4.69, 9.17) is 4.99 Å². The SMILES string of the molecule is CC(C)(C)c1ccc(-c2csc(=Nc3ccccc3)n2CCO)cc1. The Hall–Kier alpha value is -2.17. The predicted molar refractivity (Wildman–Crippen MR) is 105 cm³/mol. The van der Waals surface area contributed by atoms with Gasteiger partial charge in [-0.15, -0.1) is 11.3 Å². The molecule has 1 aromatic heterocycles. The third-order valence-electron chi connectivity index (χ3n) is 4.15. The van der Waals surface area contributed by atoms with Gasteiger partial charge in [0.05, 0.1) is 18.0 Å². The number of hydrogen-bond donors (Lipinski definition) is 1. The van der Waals surface area contributed by atoms with Crippen LogP contribution in [0.3, 0.4) is 0 Å². The normalized spacial score (nSPS) is 12.6. The molecular formula is C21H24N2OS. The van der Waals surface area contributed by atoms with E-state index < -0.39 is 0 Å². The van der Waals surface area contributed by atoms with Crippen LogP contribution in [-0.4, -0.2) is 16.3 Å². The number of nitrogens with zero attached hydrogens (tertiary/aromatic N) is 2. The van der Waals surface area contributed by atoms with Gasteiger partial charge in [0.2, 0.25) is 0 Å². The summed E-state index contributed by atoms with van der Waals surface area (Å²) in [5.74, 6) is 0. The van der Waals surface area contributed by atoms with Crippen molar-refractivity contribution in [2.75, 3.05) is 6.61 Å². The molecule has 1 heterocycles. The molecule has 1 N–H and O–H groups in total. The van der Waals surface area contributed by atoms with Gasteiger partial charge in [-0.2, -0.15) is 0 Å². The molecule has 0 radical (unpaired) electrons. The Morgan fingerprint density at radius 2 is 1.68 bits per heavy atom. The molecule has 0 aliphatic heterocycles. The summed E-state index contributed by atoms with van der Waals surface area (Å²) in [6, 6.07) is 18.6. The minimum atomic E-state index is 0.0891. The second-order valence-corrected chi connectivity index (χ2v) is 7.89. The summed E-state index contributed by atoms with van der Waals surface area (Å²) in [6.07, 6.45) is 0. The van der Waals surface area contributed by atoms with Gasteiger partial charge in [-0.25, -0.2) is 4.99 Å². The molecule has 2 aromatic carbocycles. The number of aromatic nitrogens is 1. The van der Waals surface area contributed by atoms with Crippen molar-refractivity contribution in [1.82, 2.24) is 4.57 Å². The average Bonchev–Trinajstić information content (AvgIpc) is 2.98. The molecule has 0 aliphatic rings. The Labute approximate surface area is 152 Å². The van der Waals surface area contributed by atoms with Crippen molar-refractivity contribution in [1.29, 1.82) is 0 Å². The van der Waals surface area contributed by atoms with Gasteiger partial charge in [0.1, 0.15) is 0 Å². The minimum Gasteiger partial charge on any atom is -0.395 e. The second kappa shape index (κ2) is 7.38. The molecule has 3 rings (SSSR count). The van der Waals surface area contributed by atoms with Gasteiger partial charge in [-0.3, -0.25) is 0 Å². The molecule has 3 aromatic rings. The second-order valence-electron chi connectivity index (χ2n) is 7.05. The van der Waals surface area contributed by atoms with Gasteiger partial charge in [0, 0.05) is 11.9 Å². The molecule has 25 heavy (non-hydrogen) atoms. The number of benzene rings is 2. The van der Waals surface area contributed by atoms with E-state index in [1.54, 1.807) is 11.3 Å². The molecule has 0 amide bonds. The van der Waals surface area contributed by atoms with Crippen molar-refractivity contribution >= 4 is 17.0 Å². The van der Waals surface area contributed by atoms with Gasteiger partial charge >= 0.3 is 0 Å². The zero-order valence-electron chi connectivity index (χ0n) is 14.9. The fourth-order valence-electron chi connectivity index (χ4n) is 2.72. The van der Waals surface area contributed by atoms with E-state index >= 15 is 0 Å². The summed E-state index contributed by atoms with van der Waals surface area (Å²) in [4.78, 5) is 5.63. The van der Waals surface area contributed by atoms with Crippen molar-refractivity contribution < 1.29 is 5.11 Å². The Morgan fingerprint density at radius 3 is 2.28 bits per heavy atom. The van der Waals surface area contributed by atoms with E-state index in [1.807, 2.05) is 30.3 Å². The van der Waals surface area contributed by atoms with Crippen LogP contribution in [-0.2, 0) is 12.0 Å². The molecule has 0 saturated carbocycles. The maximum absolute atomic E-state index is 9.49. The Kier molecular flexibility index (Phi) is 5.21. The number of para-hydroxylation sites is 1. The zero-order chi connectivity index (χ0) is 17.9. The molecule has 0 saturated heterocycles. The highest BCUT2D eigenvalue weighted by Gasteiger charge is 2.14. The number of hydrogen-bond acceptors (Lipinski definition) is 3. The third-order valence-corrected chi connectivity index (χ3v) is 5.01. The Morgan fingerprint density at radius 1 is 1.00 bits per heavy atom. The number of aliphatic hydroxyl groups excluding tert-OH is 1. The topological polar surface area (TPSA) is 37.5 Å². The minimum absolute atomic E-state index is 0.0891. The van der Waals surface area contributed by atoms with E-state index in [2.05, 4.69) is 55.0 Å². The van der Waals surface area contributed by atoms with Crippen LogP contribution in [0.1, 0.15) is 26.3 Å². The quantitative estimate of drug-likeness (QED) is 0.723. The third kappa shape index (κ3) is 4.09. The van der Waals surface area contributed by atoms with E-state index in [0.29, 0.717) is 6.54 Å². The first-order valence-corrected chi connectivity index (χ1v) is 9.37. The van der Waals surface area contributed by atoms with Crippen molar-refractivity contribution in [3.05, 3.63) is 70.3 Å². The first-order valence-electron chi connectivity index (χ1n) is 8.49. The highest BCUT2D eigenvalue weighted by atomic mass is 32.1.